The number of aliphatic hydroxyl groups excluding tert-OH is 1. The van der Waals surface area contributed by atoms with Gasteiger partial charge in [0.15, 0.2) is 0 Å². The monoisotopic (exact) mass is 166 g/mol. The van der Waals surface area contributed by atoms with E-state index in [0.29, 0.717) is 0 Å². The van der Waals surface area contributed by atoms with Crippen molar-refractivity contribution >= 4 is 5.57 Å². The summed E-state index contributed by atoms with van der Waals surface area (Å²) < 4.78 is 12.5. The lowest BCUT2D eigenvalue weighted by Crippen LogP contribution is -1.84. The van der Waals surface area contributed by atoms with Gasteiger partial charge in [0.1, 0.15) is 5.82 Å². The van der Waals surface area contributed by atoms with Crippen molar-refractivity contribution in [2.24, 2.45) is 0 Å². The van der Waals surface area contributed by atoms with Gasteiger partial charge < -0.3 is 5.11 Å². The average molecular weight is 166 g/mol. The van der Waals surface area contributed by atoms with Gasteiger partial charge in [0.2, 0.25) is 0 Å². The first-order valence-electron chi connectivity index (χ1n) is 3.73. The van der Waals surface area contributed by atoms with Crippen molar-refractivity contribution in [1.29, 1.82) is 0 Å². The molecular formula is C10H11FO. The van der Waals surface area contributed by atoms with Crippen LogP contribution in [0.25, 0.3) is 5.57 Å². The quantitative estimate of drug-likeness (QED) is 0.635. The van der Waals surface area contributed by atoms with Crippen LogP contribution in [-0.2, 0) is 0 Å². The number of aliphatic hydroxyl groups is 1. The molecule has 0 amide bonds. The van der Waals surface area contributed by atoms with E-state index < -0.39 is 0 Å². The number of allylic oxidation sites excluding steroid dienone is 2. The van der Waals surface area contributed by atoms with Crippen molar-refractivity contribution in [2.75, 3.05) is 0 Å². The van der Waals surface area contributed by atoms with Crippen molar-refractivity contribution in [3.63, 3.8) is 0 Å². The molecule has 0 fully saturated rings. The summed E-state index contributed by atoms with van der Waals surface area (Å²) >= 11 is 0. The maximum absolute atomic E-state index is 12.5. The van der Waals surface area contributed by atoms with Gasteiger partial charge in [-0.15, -0.1) is 0 Å². The summed E-state index contributed by atoms with van der Waals surface area (Å²) in [5.74, 6) is 0.00347. The molecule has 64 valence electrons. The largest absolute Gasteiger partial charge is 0.512 e. The van der Waals surface area contributed by atoms with Crippen LogP contribution in [0, 0.1) is 5.82 Å². The second-order valence-corrected chi connectivity index (χ2v) is 2.72. The Hall–Kier alpha value is -1.31. The smallest absolute Gasteiger partial charge is 0.123 e. The average Bonchev–Trinajstić information content (AvgIpc) is 2.04. The molecule has 0 atom stereocenters. The lowest BCUT2D eigenvalue weighted by Gasteiger charge is -2.01. The molecule has 0 aromatic heterocycles. The van der Waals surface area contributed by atoms with E-state index in [-0.39, 0.29) is 11.6 Å². The molecule has 0 heterocycles. The Labute approximate surface area is 71.2 Å². The number of hydrogen-bond donors (Lipinski definition) is 1. The first-order chi connectivity index (χ1) is 5.61. The molecule has 1 N–H and O–H groups in total. The van der Waals surface area contributed by atoms with E-state index in [0.717, 1.165) is 11.1 Å². The normalized spacial score (nSPS) is 12.6. The van der Waals surface area contributed by atoms with Crippen LogP contribution in [0.5, 0.6) is 0 Å². The predicted molar refractivity (Wildman–Crippen MR) is 47.3 cm³/mol. The zero-order valence-corrected chi connectivity index (χ0v) is 7.13. The zero-order chi connectivity index (χ0) is 9.14. The van der Waals surface area contributed by atoms with Crippen molar-refractivity contribution in [3.05, 3.63) is 41.4 Å². The van der Waals surface area contributed by atoms with Crippen molar-refractivity contribution in [3.8, 4) is 0 Å². The molecule has 1 aromatic carbocycles. The highest BCUT2D eigenvalue weighted by Gasteiger charge is 1.98. The number of rotatable bonds is 1. The number of hydrogen-bond acceptors (Lipinski definition) is 1. The number of benzene rings is 1. The summed E-state index contributed by atoms with van der Waals surface area (Å²) in [6.45, 7) is 3.40. The fourth-order valence-electron chi connectivity index (χ4n) is 0.909. The molecule has 0 aliphatic rings. The molecular weight excluding hydrogens is 155 g/mol. The molecule has 0 bridgehead atoms. The lowest BCUT2D eigenvalue weighted by atomic mass is 10.1. The van der Waals surface area contributed by atoms with Crippen molar-refractivity contribution in [1.82, 2.24) is 0 Å². The van der Waals surface area contributed by atoms with Crippen LogP contribution in [-0.4, -0.2) is 5.11 Å². The Morgan fingerprint density at radius 3 is 2.08 bits per heavy atom. The molecule has 1 nitrogen and oxygen atoms in total. The van der Waals surface area contributed by atoms with Crippen LogP contribution in [0.3, 0.4) is 0 Å². The molecule has 0 saturated carbocycles. The fraction of sp³-hybridized carbons (Fsp3) is 0.200. The van der Waals surface area contributed by atoms with Crippen LogP contribution in [0.2, 0.25) is 0 Å². The van der Waals surface area contributed by atoms with Crippen LogP contribution < -0.4 is 0 Å². The van der Waals surface area contributed by atoms with Gasteiger partial charge in [-0.1, -0.05) is 12.1 Å². The molecule has 0 saturated heterocycles. The Morgan fingerprint density at radius 2 is 1.67 bits per heavy atom. The highest BCUT2D eigenvalue weighted by molar-refractivity contribution is 5.64. The van der Waals surface area contributed by atoms with Crippen molar-refractivity contribution < 1.29 is 9.50 Å². The third-order valence-corrected chi connectivity index (χ3v) is 1.82. The zero-order valence-electron chi connectivity index (χ0n) is 7.13. The SMILES string of the molecule is C/C(O)=C(\C)c1ccc(F)cc1. The second-order valence-electron chi connectivity index (χ2n) is 2.72. The minimum atomic E-state index is -0.262. The molecule has 1 aromatic rings. The van der Waals surface area contributed by atoms with E-state index in [1.165, 1.54) is 12.1 Å². The van der Waals surface area contributed by atoms with E-state index in [1.54, 1.807) is 26.0 Å². The Balaban J connectivity index is 3.06. The van der Waals surface area contributed by atoms with Gasteiger partial charge >= 0.3 is 0 Å². The number of halogens is 1. The van der Waals surface area contributed by atoms with E-state index in [1.807, 2.05) is 0 Å². The molecule has 1 rings (SSSR count). The highest BCUT2D eigenvalue weighted by Crippen LogP contribution is 2.16. The van der Waals surface area contributed by atoms with Crippen LogP contribution in [0.4, 0.5) is 4.39 Å². The minimum absolute atomic E-state index is 0.262. The van der Waals surface area contributed by atoms with E-state index in [2.05, 4.69) is 0 Å². The topological polar surface area (TPSA) is 20.2 Å². The summed E-state index contributed by atoms with van der Waals surface area (Å²) in [6, 6.07) is 6.04. The predicted octanol–water partition coefficient (Wildman–Crippen LogP) is 3.13. The van der Waals surface area contributed by atoms with Gasteiger partial charge in [0.25, 0.3) is 0 Å². The maximum Gasteiger partial charge on any atom is 0.123 e. The van der Waals surface area contributed by atoms with E-state index in [4.69, 9.17) is 5.11 Å². The summed E-state index contributed by atoms with van der Waals surface area (Å²) in [5, 5.41) is 9.13. The third kappa shape index (κ3) is 1.84. The molecule has 0 aliphatic heterocycles. The second kappa shape index (κ2) is 3.39. The maximum atomic E-state index is 12.5. The molecule has 0 aliphatic carbocycles. The Kier molecular flexibility index (Phi) is 2.48. The first kappa shape index (κ1) is 8.78. The summed E-state index contributed by atoms with van der Waals surface area (Å²) in [6.07, 6.45) is 0. The van der Waals surface area contributed by atoms with Gasteiger partial charge in [-0.25, -0.2) is 4.39 Å². The third-order valence-electron chi connectivity index (χ3n) is 1.82. The highest BCUT2D eigenvalue weighted by atomic mass is 19.1. The van der Waals surface area contributed by atoms with E-state index in [9.17, 15) is 4.39 Å². The van der Waals surface area contributed by atoms with Crippen molar-refractivity contribution in [2.45, 2.75) is 13.8 Å². The van der Waals surface area contributed by atoms with Gasteiger partial charge in [0.05, 0.1) is 5.76 Å². The van der Waals surface area contributed by atoms with Crippen LogP contribution in [0.15, 0.2) is 30.0 Å². The van der Waals surface area contributed by atoms with Crippen LogP contribution >= 0.6 is 0 Å². The van der Waals surface area contributed by atoms with E-state index >= 15 is 0 Å². The molecule has 0 unspecified atom stereocenters. The minimum Gasteiger partial charge on any atom is -0.512 e. The van der Waals surface area contributed by atoms with Gasteiger partial charge in [0, 0.05) is 0 Å². The lowest BCUT2D eigenvalue weighted by molar-refractivity contribution is 0.416. The molecule has 12 heavy (non-hydrogen) atoms. The summed E-state index contributed by atoms with van der Waals surface area (Å²) in [4.78, 5) is 0. The van der Waals surface area contributed by atoms with Crippen LogP contribution in [0.1, 0.15) is 19.4 Å². The molecule has 0 radical (unpaired) electrons. The molecule has 0 spiro atoms. The van der Waals surface area contributed by atoms with Gasteiger partial charge in [-0.05, 0) is 37.1 Å². The summed E-state index contributed by atoms with van der Waals surface area (Å²) in [7, 11) is 0. The van der Waals surface area contributed by atoms with Gasteiger partial charge in [-0.2, -0.15) is 0 Å². The van der Waals surface area contributed by atoms with Gasteiger partial charge in [-0.3, -0.25) is 0 Å². The first-order valence-corrected chi connectivity index (χ1v) is 3.73. The summed E-state index contributed by atoms with van der Waals surface area (Å²) in [5.41, 5.74) is 1.62. The standard InChI is InChI=1S/C10H11FO/c1-7(8(2)12)9-3-5-10(11)6-4-9/h3-6,12H,1-2H3/b8-7-. The Bertz CT molecular complexity index is 294. The fourth-order valence-corrected chi connectivity index (χ4v) is 0.909. The Morgan fingerprint density at radius 1 is 1.17 bits per heavy atom. The molecule has 2 heteroatoms.